The van der Waals surface area contributed by atoms with Gasteiger partial charge in [-0.25, -0.2) is 4.98 Å². The molecule has 0 amide bonds. The number of hydrogen-bond donors (Lipinski definition) is 1. The molecule has 0 unspecified atom stereocenters. The lowest BCUT2D eigenvalue weighted by atomic mass is 10.0. The zero-order valence-electron chi connectivity index (χ0n) is 20.5. The summed E-state index contributed by atoms with van der Waals surface area (Å²) in [5.41, 5.74) is 0.227. The second-order valence-corrected chi connectivity index (χ2v) is 10.4. The molecule has 3 nitrogen and oxygen atoms in total. The lowest BCUT2D eigenvalue weighted by Crippen LogP contribution is -2.31. The summed E-state index contributed by atoms with van der Waals surface area (Å²) in [6.07, 6.45) is -4.55. The van der Waals surface area contributed by atoms with Gasteiger partial charge in [0, 0.05) is 37.1 Å². The number of nitrogens with zero attached hydrogens (tertiary/aromatic N) is 2. The smallest absolute Gasteiger partial charge is 0.356 e. The Kier molecular flexibility index (Phi) is 6.85. The van der Waals surface area contributed by atoms with Crippen molar-refractivity contribution in [2.24, 2.45) is 11.8 Å². The maximum Gasteiger partial charge on any atom is 0.418 e. The van der Waals surface area contributed by atoms with Crippen molar-refractivity contribution in [2.75, 3.05) is 18.0 Å². The fraction of sp³-hybridized carbons (Fsp3) is 0.464. The minimum atomic E-state index is -4.53. The molecule has 1 aromatic heterocycles. The molecule has 2 saturated carbocycles. The van der Waals surface area contributed by atoms with Crippen molar-refractivity contribution in [3.05, 3.63) is 70.3 Å². The summed E-state index contributed by atoms with van der Waals surface area (Å²) in [5, 5.41) is 3.60. The van der Waals surface area contributed by atoms with Gasteiger partial charge in [-0.05, 0) is 74.3 Å². The van der Waals surface area contributed by atoms with E-state index in [9.17, 15) is 26.3 Å². The van der Waals surface area contributed by atoms with E-state index in [-0.39, 0.29) is 18.6 Å². The lowest BCUT2D eigenvalue weighted by Gasteiger charge is -2.27. The summed E-state index contributed by atoms with van der Waals surface area (Å²) in [6, 6.07) is 9.73. The molecule has 0 bridgehead atoms. The van der Waals surface area contributed by atoms with Crippen molar-refractivity contribution in [3.63, 3.8) is 0 Å². The average molecular weight is 522 g/mol. The van der Waals surface area contributed by atoms with Gasteiger partial charge in [0.1, 0.15) is 5.82 Å². The molecule has 5 rings (SSSR count). The maximum absolute atomic E-state index is 13.8. The number of aryl methyl sites for hydroxylation is 1. The summed E-state index contributed by atoms with van der Waals surface area (Å²) in [4.78, 5) is 6.74. The number of hydrogen-bond acceptors (Lipinski definition) is 3. The second kappa shape index (κ2) is 9.82. The highest BCUT2D eigenvalue weighted by Crippen LogP contribution is 2.39. The molecule has 0 atom stereocenters. The van der Waals surface area contributed by atoms with Gasteiger partial charge in [-0.3, -0.25) is 0 Å². The lowest BCUT2D eigenvalue weighted by molar-refractivity contribution is -0.138. The third-order valence-corrected chi connectivity index (χ3v) is 6.97. The Labute approximate surface area is 211 Å². The minimum Gasteiger partial charge on any atom is -0.356 e. The van der Waals surface area contributed by atoms with Crippen molar-refractivity contribution in [1.29, 1.82) is 0 Å². The number of pyridine rings is 1. The van der Waals surface area contributed by atoms with Gasteiger partial charge in [-0.15, -0.1) is 0 Å². The maximum atomic E-state index is 13.8. The Morgan fingerprint density at radius 2 is 1.54 bits per heavy atom. The van der Waals surface area contributed by atoms with E-state index in [1.54, 1.807) is 25.1 Å². The number of halogens is 6. The van der Waals surface area contributed by atoms with Crippen LogP contribution in [0.25, 0.3) is 10.9 Å². The molecule has 198 valence electrons. The first-order chi connectivity index (χ1) is 17.5. The average Bonchev–Trinajstić information content (AvgIpc) is 3.73. The normalized spacial score (nSPS) is 16.4. The van der Waals surface area contributed by atoms with Crippen LogP contribution in [0.5, 0.6) is 0 Å². The van der Waals surface area contributed by atoms with Crippen LogP contribution < -0.4 is 10.2 Å². The molecule has 37 heavy (non-hydrogen) atoms. The Bertz CT molecular complexity index is 1260. The van der Waals surface area contributed by atoms with E-state index >= 15 is 0 Å². The fourth-order valence-corrected chi connectivity index (χ4v) is 4.81. The number of fused-ring (bicyclic) bond motifs is 1. The first-order valence-electron chi connectivity index (χ1n) is 12.6. The summed E-state index contributed by atoms with van der Waals surface area (Å²) in [6.45, 7) is 3.59. The van der Waals surface area contributed by atoms with Crippen LogP contribution in [0.2, 0.25) is 0 Å². The highest BCUT2D eigenvalue weighted by Gasteiger charge is 2.35. The highest BCUT2D eigenvalue weighted by molar-refractivity contribution is 5.85. The molecule has 0 spiro atoms. The van der Waals surface area contributed by atoms with Gasteiger partial charge in [0.2, 0.25) is 0 Å². The number of para-hydroxylation sites is 1. The van der Waals surface area contributed by atoms with Crippen LogP contribution in [0.4, 0.5) is 32.2 Å². The SMILES string of the molecule is Cc1cc(CNCc2cc3cccc(C(F)(F)F)c3nc2N(CC2CC2)CC2CC2)cc(C(F)(F)F)c1. The van der Waals surface area contributed by atoms with E-state index in [0.29, 0.717) is 34.2 Å². The fourth-order valence-electron chi connectivity index (χ4n) is 4.81. The molecule has 2 aromatic carbocycles. The monoisotopic (exact) mass is 521 g/mol. The van der Waals surface area contributed by atoms with E-state index in [2.05, 4.69) is 15.2 Å². The largest absolute Gasteiger partial charge is 0.418 e. The van der Waals surface area contributed by atoms with Crippen molar-refractivity contribution in [3.8, 4) is 0 Å². The molecule has 2 aliphatic rings. The van der Waals surface area contributed by atoms with Gasteiger partial charge in [0.15, 0.2) is 0 Å². The van der Waals surface area contributed by atoms with Crippen LogP contribution in [0.1, 0.15) is 53.5 Å². The van der Waals surface area contributed by atoms with Gasteiger partial charge in [-0.2, -0.15) is 26.3 Å². The first-order valence-corrected chi connectivity index (χ1v) is 12.6. The van der Waals surface area contributed by atoms with Crippen LogP contribution in [-0.4, -0.2) is 18.1 Å². The Morgan fingerprint density at radius 3 is 2.14 bits per heavy atom. The van der Waals surface area contributed by atoms with E-state index in [1.165, 1.54) is 6.07 Å². The quantitative estimate of drug-likeness (QED) is 0.296. The van der Waals surface area contributed by atoms with Crippen molar-refractivity contribution >= 4 is 16.7 Å². The zero-order valence-corrected chi connectivity index (χ0v) is 20.5. The molecule has 0 aliphatic heterocycles. The summed E-state index contributed by atoms with van der Waals surface area (Å²) < 4.78 is 81.1. The summed E-state index contributed by atoms with van der Waals surface area (Å²) in [7, 11) is 0. The topological polar surface area (TPSA) is 28.2 Å². The van der Waals surface area contributed by atoms with E-state index in [4.69, 9.17) is 0 Å². The van der Waals surface area contributed by atoms with Gasteiger partial charge in [0.25, 0.3) is 0 Å². The highest BCUT2D eigenvalue weighted by atomic mass is 19.4. The molecular formula is C28H29F6N3. The predicted molar refractivity (Wildman–Crippen MR) is 131 cm³/mol. The molecule has 0 saturated heterocycles. The Hall–Kier alpha value is -2.81. The van der Waals surface area contributed by atoms with E-state index < -0.39 is 23.5 Å². The number of alkyl halides is 6. The van der Waals surface area contributed by atoms with E-state index in [1.807, 2.05) is 0 Å². The van der Waals surface area contributed by atoms with Crippen molar-refractivity contribution in [2.45, 2.75) is 58.0 Å². The van der Waals surface area contributed by atoms with Gasteiger partial charge >= 0.3 is 12.4 Å². The number of nitrogens with one attached hydrogen (secondary N) is 1. The number of rotatable bonds is 9. The van der Waals surface area contributed by atoms with Gasteiger partial charge < -0.3 is 10.2 Å². The standard InChI is InChI=1S/C28H29F6N3/c1-17-9-20(11-23(10-17)27(29,30)31)13-35-14-22-12-21-3-2-4-24(28(32,33)34)25(21)36-26(22)37(15-18-5-6-18)16-19-7-8-19/h2-4,9-12,18-19,35H,5-8,13-16H2,1H3. The second-order valence-electron chi connectivity index (χ2n) is 10.4. The first kappa shape index (κ1) is 25.8. The molecule has 1 heterocycles. The zero-order chi connectivity index (χ0) is 26.4. The summed E-state index contributed by atoms with van der Waals surface area (Å²) >= 11 is 0. The molecule has 2 aliphatic carbocycles. The number of benzene rings is 2. The van der Waals surface area contributed by atoms with Crippen LogP contribution in [-0.2, 0) is 25.4 Å². The summed E-state index contributed by atoms with van der Waals surface area (Å²) in [5.74, 6) is 1.57. The van der Waals surface area contributed by atoms with Crippen LogP contribution in [0, 0.1) is 18.8 Å². The Balaban J connectivity index is 1.47. The molecule has 3 aromatic rings. The number of aromatic nitrogens is 1. The number of anilines is 1. The third kappa shape index (κ3) is 6.37. The molecule has 0 radical (unpaired) electrons. The van der Waals surface area contributed by atoms with E-state index in [0.717, 1.165) is 62.5 Å². The van der Waals surface area contributed by atoms with Crippen LogP contribution >= 0.6 is 0 Å². The van der Waals surface area contributed by atoms with Crippen molar-refractivity contribution < 1.29 is 26.3 Å². The molecular weight excluding hydrogens is 492 g/mol. The van der Waals surface area contributed by atoms with Gasteiger partial charge in [-0.1, -0.05) is 23.8 Å². The molecule has 9 heteroatoms. The minimum absolute atomic E-state index is 0.0705. The Morgan fingerprint density at radius 1 is 0.865 bits per heavy atom. The van der Waals surface area contributed by atoms with Crippen molar-refractivity contribution in [1.82, 2.24) is 10.3 Å². The third-order valence-electron chi connectivity index (χ3n) is 6.97. The van der Waals surface area contributed by atoms with Crippen LogP contribution in [0.3, 0.4) is 0 Å². The predicted octanol–water partition coefficient (Wildman–Crippen LogP) is 7.50. The molecule has 2 fully saturated rings. The van der Waals surface area contributed by atoms with Crippen LogP contribution in [0.15, 0.2) is 42.5 Å². The van der Waals surface area contributed by atoms with Gasteiger partial charge in [0.05, 0.1) is 16.6 Å². The molecule has 1 N–H and O–H groups in total.